The number of nitrogens with zero attached hydrogens (tertiary/aromatic N) is 2. The average Bonchev–Trinajstić information content (AvgIpc) is 2.92. The number of anilines is 2. The molecule has 0 radical (unpaired) electrons. The molecule has 2 heterocycles. The smallest absolute Gasteiger partial charge is 0.373 e. The van der Waals surface area contributed by atoms with Crippen LogP contribution in [-0.2, 0) is 19.1 Å². The van der Waals surface area contributed by atoms with E-state index in [-0.39, 0.29) is 11.6 Å². The maximum absolute atomic E-state index is 12.7. The Kier molecular flexibility index (Phi) is 4.66. The van der Waals surface area contributed by atoms with Crippen molar-refractivity contribution in [3.63, 3.8) is 0 Å². The van der Waals surface area contributed by atoms with Crippen molar-refractivity contribution in [3.8, 4) is 0 Å². The lowest BCUT2D eigenvalue weighted by atomic mass is 10.3. The normalized spacial score (nSPS) is 11.5. The second-order valence-electron chi connectivity index (χ2n) is 4.28. The molecule has 4 nitrogen and oxygen atoms in total. The highest BCUT2D eigenvalue weighted by molar-refractivity contribution is 7.12. The van der Waals surface area contributed by atoms with Gasteiger partial charge < -0.3 is 10.6 Å². The first-order chi connectivity index (χ1) is 9.92. The lowest BCUT2D eigenvalue weighted by molar-refractivity contribution is -0.144. The van der Waals surface area contributed by atoms with Crippen LogP contribution in [0.3, 0.4) is 0 Å². The van der Waals surface area contributed by atoms with Gasteiger partial charge in [-0.05, 0) is 18.6 Å². The molecular formula is C13H15F3N4S. The Morgan fingerprint density at radius 1 is 1.14 bits per heavy atom. The van der Waals surface area contributed by atoms with Gasteiger partial charge in [-0.25, -0.2) is 9.97 Å². The molecular weight excluding hydrogens is 301 g/mol. The molecule has 2 N–H and O–H groups in total. The van der Waals surface area contributed by atoms with Gasteiger partial charge in [0.15, 0.2) is 0 Å². The summed E-state index contributed by atoms with van der Waals surface area (Å²) in [6.07, 6.45) is -3.62. The lowest BCUT2D eigenvalue weighted by Crippen LogP contribution is -2.14. The van der Waals surface area contributed by atoms with Crippen molar-refractivity contribution < 1.29 is 13.2 Å². The van der Waals surface area contributed by atoms with Crippen LogP contribution < -0.4 is 10.6 Å². The Morgan fingerprint density at radius 3 is 2.38 bits per heavy atom. The van der Waals surface area contributed by atoms with Crippen LogP contribution in [-0.4, -0.2) is 17.0 Å². The molecule has 0 aliphatic heterocycles. The Hall–Kier alpha value is -1.83. The molecule has 21 heavy (non-hydrogen) atoms. The fourth-order valence-corrected chi connectivity index (χ4v) is 2.58. The zero-order valence-corrected chi connectivity index (χ0v) is 12.4. The van der Waals surface area contributed by atoms with Crippen molar-refractivity contribution in [3.05, 3.63) is 33.8 Å². The van der Waals surface area contributed by atoms with Crippen LogP contribution in [0.2, 0.25) is 0 Å². The van der Waals surface area contributed by atoms with Crippen LogP contribution in [0.4, 0.5) is 24.8 Å². The van der Waals surface area contributed by atoms with Gasteiger partial charge in [-0.2, -0.15) is 13.2 Å². The maximum Gasteiger partial charge on any atom is 0.451 e. The number of hydrogen-bond acceptors (Lipinski definition) is 5. The number of alkyl halides is 3. The number of thiophene rings is 1. The van der Waals surface area contributed by atoms with E-state index in [1.54, 1.807) is 11.3 Å². The molecule has 0 unspecified atom stereocenters. The van der Waals surface area contributed by atoms with Crippen LogP contribution >= 0.6 is 11.3 Å². The Morgan fingerprint density at radius 2 is 1.81 bits per heavy atom. The van der Waals surface area contributed by atoms with Gasteiger partial charge in [0.1, 0.15) is 11.6 Å². The third-order valence-electron chi connectivity index (χ3n) is 2.75. The van der Waals surface area contributed by atoms with Gasteiger partial charge in [0, 0.05) is 22.9 Å². The molecule has 0 fully saturated rings. The summed E-state index contributed by atoms with van der Waals surface area (Å²) in [4.78, 5) is 9.21. The molecule has 0 atom stereocenters. The molecule has 2 rings (SSSR count). The van der Waals surface area contributed by atoms with Gasteiger partial charge in [0.25, 0.3) is 0 Å². The van der Waals surface area contributed by atoms with E-state index in [1.165, 1.54) is 18.0 Å². The number of halogens is 3. The Labute approximate surface area is 124 Å². The van der Waals surface area contributed by atoms with Crippen LogP contribution in [0.25, 0.3) is 0 Å². The molecule has 0 aromatic carbocycles. The summed E-state index contributed by atoms with van der Waals surface area (Å²) < 4.78 is 38.2. The highest BCUT2D eigenvalue weighted by Crippen LogP contribution is 2.28. The number of nitrogens with one attached hydrogen (secondary N) is 2. The molecule has 2 aromatic rings. The summed E-state index contributed by atoms with van der Waals surface area (Å²) >= 11 is 1.63. The van der Waals surface area contributed by atoms with Crippen molar-refractivity contribution in [1.82, 2.24) is 9.97 Å². The van der Waals surface area contributed by atoms with Crippen molar-refractivity contribution in [2.45, 2.75) is 26.1 Å². The van der Waals surface area contributed by atoms with E-state index in [1.807, 2.05) is 12.1 Å². The monoisotopic (exact) mass is 316 g/mol. The van der Waals surface area contributed by atoms with Crippen LogP contribution in [0.1, 0.15) is 22.5 Å². The third-order valence-corrected chi connectivity index (χ3v) is 3.97. The van der Waals surface area contributed by atoms with Gasteiger partial charge in [-0.15, -0.1) is 11.3 Å². The minimum absolute atomic E-state index is 0.125. The molecule has 0 saturated carbocycles. The number of hydrogen-bond donors (Lipinski definition) is 2. The first-order valence-electron chi connectivity index (χ1n) is 6.38. The molecule has 2 aromatic heterocycles. The number of aryl methyl sites for hydroxylation is 1. The van der Waals surface area contributed by atoms with Gasteiger partial charge in [-0.3, -0.25) is 0 Å². The minimum atomic E-state index is -4.57. The number of rotatable bonds is 5. The lowest BCUT2D eigenvalue weighted by Gasteiger charge is -2.11. The SMILES string of the molecule is CCc1ccc(CNc2cc(NC)nc(C(F)(F)F)n2)s1. The Balaban J connectivity index is 2.15. The molecule has 114 valence electrons. The Bertz CT molecular complexity index is 610. The van der Waals surface area contributed by atoms with Gasteiger partial charge in [0.2, 0.25) is 5.82 Å². The summed E-state index contributed by atoms with van der Waals surface area (Å²) in [7, 11) is 1.51. The van der Waals surface area contributed by atoms with E-state index in [9.17, 15) is 13.2 Å². The zero-order valence-electron chi connectivity index (χ0n) is 11.6. The molecule has 0 aliphatic rings. The predicted octanol–water partition coefficient (Wildman–Crippen LogP) is 3.77. The van der Waals surface area contributed by atoms with Crippen molar-refractivity contribution >= 4 is 23.0 Å². The molecule has 0 bridgehead atoms. The topological polar surface area (TPSA) is 49.8 Å². The van der Waals surface area contributed by atoms with E-state index in [4.69, 9.17) is 0 Å². The largest absolute Gasteiger partial charge is 0.451 e. The first-order valence-corrected chi connectivity index (χ1v) is 7.19. The maximum atomic E-state index is 12.7. The molecule has 0 amide bonds. The quantitative estimate of drug-likeness (QED) is 0.881. The van der Waals surface area contributed by atoms with Crippen LogP contribution in [0, 0.1) is 0 Å². The van der Waals surface area contributed by atoms with E-state index in [2.05, 4.69) is 27.5 Å². The van der Waals surface area contributed by atoms with Gasteiger partial charge in [-0.1, -0.05) is 6.92 Å². The van der Waals surface area contributed by atoms with Crippen molar-refractivity contribution in [2.24, 2.45) is 0 Å². The van der Waals surface area contributed by atoms with E-state index in [0.717, 1.165) is 11.3 Å². The van der Waals surface area contributed by atoms with Gasteiger partial charge >= 0.3 is 6.18 Å². The summed E-state index contributed by atoms with van der Waals surface area (Å²) in [6.45, 7) is 2.49. The molecule has 8 heteroatoms. The highest BCUT2D eigenvalue weighted by Gasteiger charge is 2.35. The number of aromatic nitrogens is 2. The van der Waals surface area contributed by atoms with E-state index < -0.39 is 12.0 Å². The van der Waals surface area contributed by atoms with Crippen LogP contribution in [0.15, 0.2) is 18.2 Å². The predicted molar refractivity (Wildman–Crippen MR) is 77.6 cm³/mol. The van der Waals surface area contributed by atoms with E-state index in [0.29, 0.717) is 6.54 Å². The van der Waals surface area contributed by atoms with Crippen molar-refractivity contribution in [1.29, 1.82) is 0 Å². The fraction of sp³-hybridized carbons (Fsp3) is 0.385. The summed E-state index contributed by atoms with van der Waals surface area (Å²) in [5.41, 5.74) is 0. The highest BCUT2D eigenvalue weighted by atomic mass is 32.1. The minimum Gasteiger partial charge on any atom is -0.373 e. The average molecular weight is 316 g/mol. The fourth-order valence-electron chi connectivity index (χ4n) is 1.68. The molecule has 0 aliphatic carbocycles. The van der Waals surface area contributed by atoms with Crippen LogP contribution in [0.5, 0.6) is 0 Å². The third kappa shape index (κ3) is 4.07. The summed E-state index contributed by atoms with van der Waals surface area (Å²) in [5.74, 6) is -0.884. The second-order valence-corrected chi connectivity index (χ2v) is 5.54. The second kappa shape index (κ2) is 6.30. The van der Waals surface area contributed by atoms with Gasteiger partial charge in [0.05, 0.1) is 6.54 Å². The zero-order chi connectivity index (χ0) is 15.5. The van der Waals surface area contributed by atoms with E-state index >= 15 is 0 Å². The first kappa shape index (κ1) is 15.6. The summed E-state index contributed by atoms with van der Waals surface area (Å²) in [6, 6.07) is 5.42. The standard InChI is InChI=1S/C13H15F3N4S/c1-3-8-4-5-9(21-8)7-18-11-6-10(17-2)19-12(20-11)13(14,15)16/h4-6H,3,7H2,1-2H3,(H2,17,18,19,20). The van der Waals surface area contributed by atoms with Crippen molar-refractivity contribution in [2.75, 3.05) is 17.7 Å². The summed E-state index contributed by atoms with van der Waals surface area (Å²) in [5, 5.41) is 5.51. The molecule has 0 saturated heterocycles. The molecule has 0 spiro atoms.